The maximum Gasteiger partial charge on any atom is 0.239 e. The Morgan fingerprint density at radius 3 is 2.88 bits per heavy atom. The minimum absolute atomic E-state index is 0.0237. The Morgan fingerprint density at radius 2 is 2.08 bits per heavy atom. The van der Waals surface area contributed by atoms with Crippen LogP contribution in [0, 0.1) is 0 Å². The highest BCUT2D eigenvalue weighted by atomic mass is 16.5. The molecule has 2 aromatic carbocycles. The Labute approximate surface area is 145 Å². The molecule has 1 aromatic heterocycles. The van der Waals surface area contributed by atoms with Crippen LogP contribution in [0.15, 0.2) is 54.9 Å². The van der Waals surface area contributed by atoms with Crippen molar-refractivity contribution in [3.05, 3.63) is 60.4 Å². The van der Waals surface area contributed by atoms with Gasteiger partial charge in [0.05, 0.1) is 24.2 Å². The number of hydrogen-bond acceptors (Lipinski definition) is 4. The fraction of sp³-hybridized carbons (Fsp3) is 0.263. The van der Waals surface area contributed by atoms with E-state index in [0.717, 1.165) is 22.3 Å². The number of carbonyl (C=O) groups excluding carboxylic acids is 1. The van der Waals surface area contributed by atoms with Gasteiger partial charge in [-0.15, -0.1) is 0 Å². The number of morpholine rings is 1. The van der Waals surface area contributed by atoms with Gasteiger partial charge in [-0.05, 0) is 29.8 Å². The molecule has 1 fully saturated rings. The average Bonchev–Trinajstić information content (AvgIpc) is 3.11. The van der Waals surface area contributed by atoms with Gasteiger partial charge in [-0.2, -0.15) is 0 Å². The second-order valence-electron chi connectivity index (χ2n) is 6.07. The minimum Gasteiger partial charge on any atom is -0.378 e. The van der Waals surface area contributed by atoms with E-state index in [-0.39, 0.29) is 11.9 Å². The Kier molecular flexibility index (Phi) is 4.45. The first-order chi connectivity index (χ1) is 12.3. The van der Waals surface area contributed by atoms with Gasteiger partial charge in [0, 0.05) is 18.8 Å². The van der Waals surface area contributed by atoms with Crippen LogP contribution in [-0.4, -0.2) is 41.3 Å². The van der Waals surface area contributed by atoms with Crippen molar-refractivity contribution in [3.8, 4) is 5.69 Å². The van der Waals surface area contributed by atoms with Gasteiger partial charge in [-0.3, -0.25) is 9.36 Å². The van der Waals surface area contributed by atoms with E-state index in [4.69, 9.17) is 4.74 Å². The molecule has 2 N–H and O–H groups in total. The van der Waals surface area contributed by atoms with E-state index in [9.17, 15) is 4.79 Å². The van der Waals surface area contributed by atoms with Gasteiger partial charge < -0.3 is 15.4 Å². The molecule has 2 heterocycles. The lowest BCUT2D eigenvalue weighted by atomic mass is 10.2. The molecule has 6 nitrogen and oxygen atoms in total. The van der Waals surface area contributed by atoms with Gasteiger partial charge >= 0.3 is 0 Å². The van der Waals surface area contributed by atoms with Crippen molar-refractivity contribution >= 4 is 16.9 Å². The topological polar surface area (TPSA) is 68.2 Å². The molecule has 1 aliphatic heterocycles. The summed E-state index contributed by atoms with van der Waals surface area (Å²) in [5.41, 5.74) is 4.15. The summed E-state index contributed by atoms with van der Waals surface area (Å²) >= 11 is 0. The predicted octanol–water partition coefficient (Wildman–Crippen LogP) is 1.63. The van der Waals surface area contributed by atoms with Crippen molar-refractivity contribution in [2.45, 2.75) is 12.6 Å². The fourth-order valence-electron chi connectivity index (χ4n) is 2.99. The number of benzene rings is 2. The van der Waals surface area contributed by atoms with E-state index in [0.29, 0.717) is 26.3 Å². The maximum absolute atomic E-state index is 12.1. The fourth-order valence-corrected chi connectivity index (χ4v) is 2.99. The van der Waals surface area contributed by atoms with Crippen LogP contribution in [0.1, 0.15) is 5.56 Å². The molecule has 0 spiro atoms. The Morgan fingerprint density at radius 1 is 1.24 bits per heavy atom. The lowest BCUT2D eigenvalue weighted by Crippen LogP contribution is -2.51. The lowest BCUT2D eigenvalue weighted by molar-refractivity contribution is -0.126. The molecule has 1 saturated heterocycles. The molecule has 3 aromatic rings. The molecule has 4 rings (SSSR count). The van der Waals surface area contributed by atoms with E-state index in [2.05, 4.69) is 26.3 Å². The number of rotatable bonds is 4. The number of fused-ring (bicyclic) bond motifs is 1. The smallest absolute Gasteiger partial charge is 0.239 e. The van der Waals surface area contributed by atoms with Crippen molar-refractivity contribution in [2.24, 2.45) is 0 Å². The first-order valence-electron chi connectivity index (χ1n) is 8.41. The zero-order valence-electron chi connectivity index (χ0n) is 13.8. The Balaban J connectivity index is 1.42. The summed E-state index contributed by atoms with van der Waals surface area (Å²) in [5, 5.41) is 6.10. The number of imidazole rings is 1. The minimum atomic E-state index is -0.259. The van der Waals surface area contributed by atoms with Crippen LogP contribution in [-0.2, 0) is 16.1 Å². The first-order valence-corrected chi connectivity index (χ1v) is 8.41. The van der Waals surface area contributed by atoms with E-state index >= 15 is 0 Å². The summed E-state index contributed by atoms with van der Waals surface area (Å²) in [4.78, 5) is 16.5. The van der Waals surface area contributed by atoms with Gasteiger partial charge in [-0.1, -0.05) is 24.3 Å². The number of carbonyl (C=O) groups is 1. The van der Waals surface area contributed by atoms with E-state index < -0.39 is 0 Å². The molecule has 0 aliphatic carbocycles. The third-order valence-corrected chi connectivity index (χ3v) is 4.37. The maximum atomic E-state index is 12.1. The number of nitrogens with one attached hydrogen (secondary N) is 2. The molecule has 1 unspecified atom stereocenters. The molecule has 1 atom stereocenters. The molecule has 1 amide bonds. The quantitative estimate of drug-likeness (QED) is 0.760. The molecule has 6 heteroatoms. The summed E-state index contributed by atoms with van der Waals surface area (Å²) in [5.74, 6) is -0.0237. The van der Waals surface area contributed by atoms with Crippen LogP contribution in [0.4, 0.5) is 0 Å². The summed E-state index contributed by atoms with van der Waals surface area (Å²) in [6, 6.07) is 15.9. The molecule has 0 bridgehead atoms. The molecular weight excluding hydrogens is 316 g/mol. The number of aromatic nitrogens is 2. The Bertz CT molecular complexity index is 867. The molecule has 0 radical (unpaired) electrons. The summed E-state index contributed by atoms with van der Waals surface area (Å²) in [6.45, 7) is 2.31. The second-order valence-corrected chi connectivity index (χ2v) is 6.07. The SMILES string of the molecule is O=C(NCc1ccc(-n2cnc3ccccc32)cc1)C1COCCN1. The molecule has 0 saturated carbocycles. The van der Waals surface area contributed by atoms with Crippen LogP contribution in [0.2, 0.25) is 0 Å². The van der Waals surface area contributed by atoms with Crippen molar-refractivity contribution in [1.29, 1.82) is 0 Å². The van der Waals surface area contributed by atoms with E-state index in [1.54, 1.807) is 0 Å². The van der Waals surface area contributed by atoms with Gasteiger partial charge in [0.15, 0.2) is 0 Å². The number of amides is 1. The Hall–Kier alpha value is -2.70. The summed E-state index contributed by atoms with van der Waals surface area (Å²) < 4.78 is 7.37. The highest BCUT2D eigenvalue weighted by Crippen LogP contribution is 2.18. The van der Waals surface area contributed by atoms with Crippen molar-refractivity contribution < 1.29 is 9.53 Å². The number of hydrogen-bond donors (Lipinski definition) is 2. The third-order valence-electron chi connectivity index (χ3n) is 4.37. The van der Waals surface area contributed by atoms with E-state index in [1.165, 1.54) is 0 Å². The standard InChI is InChI=1S/C19H20N4O2/c24-19(17-12-25-10-9-20-17)21-11-14-5-7-15(8-6-14)23-13-22-16-3-1-2-4-18(16)23/h1-8,13,17,20H,9-12H2,(H,21,24). The van der Waals surface area contributed by atoms with E-state index in [1.807, 2.05) is 48.8 Å². The molecule has 1 aliphatic rings. The first kappa shape index (κ1) is 15.8. The molecule has 25 heavy (non-hydrogen) atoms. The summed E-state index contributed by atoms with van der Waals surface area (Å²) in [7, 11) is 0. The van der Waals surface area contributed by atoms with Crippen molar-refractivity contribution in [2.75, 3.05) is 19.8 Å². The van der Waals surface area contributed by atoms with Crippen LogP contribution < -0.4 is 10.6 Å². The van der Waals surface area contributed by atoms with Gasteiger partial charge in [0.2, 0.25) is 5.91 Å². The zero-order chi connectivity index (χ0) is 17.1. The van der Waals surface area contributed by atoms with Gasteiger partial charge in [-0.25, -0.2) is 4.98 Å². The summed E-state index contributed by atoms with van der Waals surface area (Å²) in [6.07, 6.45) is 1.83. The zero-order valence-corrected chi connectivity index (χ0v) is 13.8. The molecule has 128 valence electrons. The van der Waals surface area contributed by atoms with Gasteiger partial charge in [0.25, 0.3) is 0 Å². The van der Waals surface area contributed by atoms with Crippen LogP contribution >= 0.6 is 0 Å². The number of ether oxygens (including phenoxy) is 1. The van der Waals surface area contributed by atoms with Crippen LogP contribution in [0.25, 0.3) is 16.7 Å². The van der Waals surface area contributed by atoms with Crippen LogP contribution in [0.5, 0.6) is 0 Å². The number of nitrogens with zero attached hydrogens (tertiary/aromatic N) is 2. The van der Waals surface area contributed by atoms with Gasteiger partial charge in [0.1, 0.15) is 12.4 Å². The monoisotopic (exact) mass is 336 g/mol. The molecular formula is C19H20N4O2. The average molecular weight is 336 g/mol. The predicted molar refractivity (Wildman–Crippen MR) is 95.5 cm³/mol. The highest BCUT2D eigenvalue weighted by Gasteiger charge is 2.20. The van der Waals surface area contributed by atoms with Crippen LogP contribution in [0.3, 0.4) is 0 Å². The lowest BCUT2D eigenvalue weighted by Gasteiger charge is -2.22. The van der Waals surface area contributed by atoms with Crippen molar-refractivity contribution in [1.82, 2.24) is 20.2 Å². The normalized spacial score (nSPS) is 17.5. The number of para-hydroxylation sites is 2. The third kappa shape index (κ3) is 3.40. The largest absolute Gasteiger partial charge is 0.378 e. The highest BCUT2D eigenvalue weighted by molar-refractivity contribution is 5.82. The van der Waals surface area contributed by atoms with Crippen molar-refractivity contribution in [3.63, 3.8) is 0 Å². The second kappa shape index (κ2) is 7.04.